The molecule has 4 rings (SSSR count). The topological polar surface area (TPSA) is 118 Å². The molecule has 9 nitrogen and oxygen atoms in total. The predicted octanol–water partition coefficient (Wildman–Crippen LogP) is 3.97. The molecule has 38 heavy (non-hydrogen) atoms. The first-order chi connectivity index (χ1) is 18.0. The number of nitrogens with one attached hydrogen (secondary N) is 3. The van der Waals surface area contributed by atoms with E-state index in [1.54, 1.807) is 37.5 Å². The molecule has 10 heteroatoms. The predicted molar refractivity (Wildman–Crippen MR) is 143 cm³/mol. The van der Waals surface area contributed by atoms with Gasteiger partial charge in [0.15, 0.2) is 0 Å². The number of aryl methyl sites for hydroxylation is 2. The van der Waals surface area contributed by atoms with Gasteiger partial charge in [-0.1, -0.05) is 30.3 Å². The summed E-state index contributed by atoms with van der Waals surface area (Å²) in [7, 11) is 0. The number of carbonyl (C=O) groups excluding carboxylic acids is 2. The van der Waals surface area contributed by atoms with Crippen LogP contribution in [0.15, 0.2) is 53.3 Å². The van der Waals surface area contributed by atoms with E-state index in [1.807, 2.05) is 31.2 Å². The molecule has 0 aliphatic heterocycles. The van der Waals surface area contributed by atoms with Crippen molar-refractivity contribution >= 4 is 33.8 Å². The smallest absolute Gasteiger partial charge is 0.408 e. The number of fused-ring (bicyclic) bond motifs is 3. The van der Waals surface area contributed by atoms with Gasteiger partial charge in [-0.15, -0.1) is 0 Å². The number of amides is 2. The van der Waals surface area contributed by atoms with Crippen LogP contribution in [0.5, 0.6) is 0 Å². The van der Waals surface area contributed by atoms with Crippen LogP contribution in [-0.4, -0.2) is 45.0 Å². The molecule has 0 fully saturated rings. The van der Waals surface area contributed by atoms with Crippen LogP contribution in [-0.2, 0) is 22.5 Å². The first-order valence-electron chi connectivity index (χ1n) is 12.5. The molecule has 0 saturated carbocycles. The van der Waals surface area contributed by atoms with Crippen molar-refractivity contribution in [2.75, 3.05) is 6.54 Å². The Kier molecular flexibility index (Phi) is 7.80. The van der Waals surface area contributed by atoms with E-state index in [0.29, 0.717) is 35.1 Å². The monoisotopic (exact) mass is 521 g/mol. The Balaban J connectivity index is 1.46. The molecule has 200 valence electrons. The third-order valence-electron chi connectivity index (χ3n) is 6.07. The van der Waals surface area contributed by atoms with Crippen LogP contribution in [0.1, 0.15) is 38.4 Å². The van der Waals surface area contributed by atoms with Gasteiger partial charge in [-0.3, -0.25) is 14.7 Å². The van der Waals surface area contributed by atoms with Gasteiger partial charge >= 0.3 is 6.09 Å². The van der Waals surface area contributed by atoms with Gasteiger partial charge in [-0.25, -0.2) is 9.18 Å². The summed E-state index contributed by atoms with van der Waals surface area (Å²) in [6, 6.07) is 12.4. The van der Waals surface area contributed by atoms with Crippen LogP contribution in [0.25, 0.3) is 21.8 Å². The van der Waals surface area contributed by atoms with Crippen LogP contribution < -0.4 is 16.2 Å². The molecular weight excluding hydrogens is 489 g/mol. The quantitative estimate of drug-likeness (QED) is 0.303. The number of alkyl carbamates (subject to hydrolysis) is 1. The molecule has 0 aliphatic carbocycles. The molecule has 0 saturated heterocycles. The second-order valence-corrected chi connectivity index (χ2v) is 10.2. The number of H-pyrrole nitrogens is 1. The van der Waals surface area contributed by atoms with Crippen LogP contribution >= 0.6 is 0 Å². The lowest BCUT2D eigenvalue weighted by atomic mass is 10.1. The molecule has 1 atom stereocenters. The van der Waals surface area contributed by atoms with Crippen LogP contribution in [0, 0.1) is 12.7 Å². The Hall–Kier alpha value is -4.21. The molecule has 0 aliphatic rings. The third-order valence-corrected chi connectivity index (χ3v) is 6.07. The fraction of sp³-hybridized carbons (Fsp3) is 0.357. The first-order valence-corrected chi connectivity index (χ1v) is 12.5. The van der Waals surface area contributed by atoms with Crippen molar-refractivity contribution < 1.29 is 18.7 Å². The minimum absolute atomic E-state index is 0.142. The van der Waals surface area contributed by atoms with Crippen molar-refractivity contribution in [1.29, 1.82) is 0 Å². The fourth-order valence-electron chi connectivity index (χ4n) is 4.35. The van der Waals surface area contributed by atoms with Crippen LogP contribution in [0.2, 0.25) is 0 Å². The second-order valence-electron chi connectivity index (χ2n) is 10.2. The van der Waals surface area contributed by atoms with Gasteiger partial charge in [-0.2, -0.15) is 5.10 Å². The summed E-state index contributed by atoms with van der Waals surface area (Å²) >= 11 is 0. The Morgan fingerprint density at radius 2 is 1.84 bits per heavy atom. The highest BCUT2D eigenvalue weighted by Crippen LogP contribution is 2.22. The molecular formula is C28H32FN5O4. The molecule has 1 unspecified atom stereocenters. The minimum Gasteiger partial charge on any atom is -0.444 e. The van der Waals surface area contributed by atoms with Gasteiger partial charge in [0.25, 0.3) is 5.56 Å². The van der Waals surface area contributed by atoms with Crippen molar-refractivity contribution in [2.45, 2.75) is 58.7 Å². The number of para-hydroxylation sites is 1. The average Bonchev–Trinajstić information content (AvgIpc) is 3.25. The van der Waals surface area contributed by atoms with E-state index < -0.39 is 23.6 Å². The number of carbonyl (C=O) groups is 2. The Bertz CT molecular complexity index is 1520. The van der Waals surface area contributed by atoms with Gasteiger partial charge in [0, 0.05) is 30.6 Å². The second kappa shape index (κ2) is 11.0. The summed E-state index contributed by atoms with van der Waals surface area (Å²) in [5, 5.41) is 14.1. The maximum Gasteiger partial charge on any atom is 0.408 e. The van der Waals surface area contributed by atoms with Gasteiger partial charge in [0.1, 0.15) is 23.0 Å². The number of benzene rings is 2. The molecule has 2 aromatic heterocycles. The van der Waals surface area contributed by atoms with E-state index in [-0.39, 0.29) is 24.3 Å². The van der Waals surface area contributed by atoms with Crippen molar-refractivity contribution in [2.24, 2.45) is 0 Å². The summed E-state index contributed by atoms with van der Waals surface area (Å²) in [6.07, 6.45) is -0.0822. The Labute approximate surface area is 219 Å². The van der Waals surface area contributed by atoms with Gasteiger partial charge in [0.2, 0.25) is 5.91 Å². The number of aromatic amines is 1. The lowest BCUT2D eigenvalue weighted by Crippen LogP contribution is -2.49. The highest BCUT2D eigenvalue weighted by atomic mass is 19.1. The van der Waals surface area contributed by atoms with Crippen molar-refractivity contribution in [1.82, 2.24) is 25.4 Å². The maximum absolute atomic E-state index is 13.3. The van der Waals surface area contributed by atoms with E-state index in [1.165, 1.54) is 12.1 Å². The summed E-state index contributed by atoms with van der Waals surface area (Å²) in [4.78, 5) is 38.7. The number of nitrogens with zero attached hydrogens (tertiary/aromatic N) is 2. The van der Waals surface area contributed by atoms with Gasteiger partial charge in [-0.05, 0) is 57.9 Å². The minimum atomic E-state index is -0.927. The molecule has 2 amide bonds. The number of hydrogen-bond donors (Lipinski definition) is 3. The van der Waals surface area contributed by atoms with Gasteiger partial charge in [0.05, 0.1) is 10.9 Å². The molecule has 3 N–H and O–H groups in total. The third kappa shape index (κ3) is 6.19. The number of halogens is 1. The maximum atomic E-state index is 13.3. The van der Waals surface area contributed by atoms with E-state index >= 15 is 0 Å². The molecule has 0 bridgehead atoms. The summed E-state index contributed by atoms with van der Waals surface area (Å²) < 4.78 is 20.4. The summed E-state index contributed by atoms with van der Waals surface area (Å²) in [6.45, 7) is 7.66. The highest BCUT2D eigenvalue weighted by Gasteiger charge is 2.25. The van der Waals surface area contributed by atoms with E-state index in [2.05, 4.69) is 20.8 Å². The van der Waals surface area contributed by atoms with Crippen molar-refractivity contribution in [3.63, 3.8) is 0 Å². The average molecular weight is 522 g/mol. The Morgan fingerprint density at radius 3 is 2.55 bits per heavy atom. The van der Waals surface area contributed by atoms with Crippen molar-refractivity contribution in [3.05, 3.63) is 76.0 Å². The lowest BCUT2D eigenvalue weighted by molar-refractivity contribution is -0.123. The van der Waals surface area contributed by atoms with Gasteiger partial charge < -0.3 is 19.9 Å². The molecule has 4 aromatic rings. The van der Waals surface area contributed by atoms with E-state index in [4.69, 9.17) is 4.74 Å². The first kappa shape index (κ1) is 26.8. The number of aromatic nitrogens is 3. The summed E-state index contributed by atoms with van der Waals surface area (Å²) in [5.41, 5.74) is 1.93. The fourth-order valence-corrected chi connectivity index (χ4v) is 4.35. The highest BCUT2D eigenvalue weighted by molar-refractivity contribution is 6.03. The SMILES string of the molecule is Cc1[nH]nc2c1c(=O)n(CCCNC(=O)C(Cc1ccc(F)cc1)NC(=O)OC(C)(C)C)c1ccccc21. The number of rotatable bonds is 8. The zero-order chi connectivity index (χ0) is 27.4. The number of pyridine rings is 1. The normalized spacial score (nSPS) is 12.4. The molecule has 0 spiro atoms. The lowest BCUT2D eigenvalue weighted by Gasteiger charge is -2.23. The summed E-state index contributed by atoms with van der Waals surface area (Å²) in [5.74, 6) is -0.792. The standard InChI is InChI=1S/C28H32FN5O4/c1-17-23-24(33-32-17)20-8-5-6-9-22(20)34(26(23)36)15-7-14-30-25(35)21(31-27(37)38-28(2,3)4)16-18-10-12-19(29)13-11-18/h5-6,8-13,21H,7,14-16H2,1-4H3,(H,30,35)(H,31,37)(H,32,33). The number of ether oxygens (including phenoxy) is 1. The largest absolute Gasteiger partial charge is 0.444 e. The van der Waals surface area contributed by atoms with Crippen LogP contribution in [0.3, 0.4) is 0 Å². The Morgan fingerprint density at radius 1 is 1.13 bits per heavy atom. The molecule has 2 heterocycles. The molecule has 2 aromatic carbocycles. The van der Waals surface area contributed by atoms with Crippen LogP contribution in [0.4, 0.5) is 9.18 Å². The van der Waals surface area contributed by atoms with Crippen molar-refractivity contribution in [3.8, 4) is 0 Å². The zero-order valence-electron chi connectivity index (χ0n) is 21.9. The number of hydrogen-bond acceptors (Lipinski definition) is 5. The molecule has 0 radical (unpaired) electrons. The zero-order valence-corrected chi connectivity index (χ0v) is 21.9. The van der Waals surface area contributed by atoms with E-state index in [0.717, 1.165) is 10.9 Å². The van der Waals surface area contributed by atoms with E-state index in [9.17, 15) is 18.8 Å².